The van der Waals surface area contributed by atoms with Crippen LogP contribution in [0.4, 0.5) is 0 Å². The van der Waals surface area contributed by atoms with Gasteiger partial charge in [0.2, 0.25) is 0 Å². The smallest absolute Gasteiger partial charge is 0.253 e. The van der Waals surface area contributed by atoms with Crippen LogP contribution in [0.2, 0.25) is 0 Å². The summed E-state index contributed by atoms with van der Waals surface area (Å²) in [6.45, 7) is 5.82. The Balaban J connectivity index is 1.56. The molecule has 2 saturated heterocycles. The maximum Gasteiger partial charge on any atom is 0.253 e. The maximum atomic E-state index is 12.6. The minimum Gasteiger partial charge on any atom is -0.336 e. The van der Waals surface area contributed by atoms with Gasteiger partial charge in [-0.2, -0.15) is 5.26 Å². The van der Waals surface area contributed by atoms with Gasteiger partial charge in [-0.15, -0.1) is 0 Å². The molecule has 0 N–H and O–H groups in total. The first-order valence-corrected chi connectivity index (χ1v) is 8.39. The number of rotatable bonds is 2. The molecule has 0 radical (unpaired) electrons. The molecule has 0 aromatic heterocycles. The summed E-state index contributed by atoms with van der Waals surface area (Å²) < 4.78 is 0. The van der Waals surface area contributed by atoms with Gasteiger partial charge in [0.1, 0.15) is 0 Å². The lowest BCUT2D eigenvalue weighted by Crippen LogP contribution is -2.54. The molecule has 1 aromatic rings. The SMILES string of the molecule is CN1CCC(N2CCN(C(=O)c3cccc(C#N)c3)CC2)CC1. The lowest BCUT2D eigenvalue weighted by molar-refractivity contribution is 0.0475. The number of piperidine rings is 1. The molecule has 5 nitrogen and oxygen atoms in total. The van der Waals surface area contributed by atoms with Crippen molar-refractivity contribution >= 4 is 5.91 Å². The Bertz CT molecular complexity index is 593. The zero-order valence-electron chi connectivity index (χ0n) is 13.7. The van der Waals surface area contributed by atoms with E-state index in [4.69, 9.17) is 5.26 Å². The fourth-order valence-corrected chi connectivity index (χ4v) is 3.55. The fourth-order valence-electron chi connectivity index (χ4n) is 3.55. The largest absolute Gasteiger partial charge is 0.336 e. The Morgan fingerprint density at radius 2 is 1.83 bits per heavy atom. The van der Waals surface area contributed by atoms with Crippen molar-refractivity contribution in [1.82, 2.24) is 14.7 Å². The van der Waals surface area contributed by atoms with Crippen LogP contribution in [0.5, 0.6) is 0 Å². The minimum absolute atomic E-state index is 0.0464. The highest BCUT2D eigenvalue weighted by Crippen LogP contribution is 2.18. The van der Waals surface area contributed by atoms with Gasteiger partial charge in [-0.25, -0.2) is 0 Å². The van der Waals surface area contributed by atoms with E-state index in [9.17, 15) is 4.79 Å². The van der Waals surface area contributed by atoms with Crippen molar-refractivity contribution in [2.75, 3.05) is 46.3 Å². The van der Waals surface area contributed by atoms with Gasteiger partial charge in [-0.3, -0.25) is 9.69 Å². The van der Waals surface area contributed by atoms with Crippen LogP contribution in [0.3, 0.4) is 0 Å². The van der Waals surface area contributed by atoms with Crippen LogP contribution >= 0.6 is 0 Å². The van der Waals surface area contributed by atoms with Gasteiger partial charge < -0.3 is 9.80 Å². The van der Waals surface area contributed by atoms with Crippen LogP contribution in [0.15, 0.2) is 24.3 Å². The molecule has 2 fully saturated rings. The van der Waals surface area contributed by atoms with E-state index in [0.717, 1.165) is 26.2 Å². The van der Waals surface area contributed by atoms with Gasteiger partial charge >= 0.3 is 0 Å². The van der Waals surface area contributed by atoms with E-state index in [1.165, 1.54) is 25.9 Å². The Labute approximate surface area is 138 Å². The highest BCUT2D eigenvalue weighted by atomic mass is 16.2. The third kappa shape index (κ3) is 3.72. The van der Waals surface area contributed by atoms with Crippen molar-refractivity contribution in [2.45, 2.75) is 18.9 Å². The van der Waals surface area contributed by atoms with Gasteiger partial charge in [0.15, 0.2) is 0 Å². The number of carbonyl (C=O) groups is 1. The van der Waals surface area contributed by atoms with Crippen molar-refractivity contribution in [3.05, 3.63) is 35.4 Å². The van der Waals surface area contributed by atoms with Crippen molar-refractivity contribution in [1.29, 1.82) is 5.26 Å². The summed E-state index contributed by atoms with van der Waals surface area (Å²) in [7, 11) is 2.18. The first-order chi connectivity index (χ1) is 11.2. The topological polar surface area (TPSA) is 50.6 Å². The number of piperazine rings is 1. The number of nitriles is 1. The number of nitrogens with zero attached hydrogens (tertiary/aromatic N) is 4. The molecule has 23 heavy (non-hydrogen) atoms. The zero-order valence-corrected chi connectivity index (χ0v) is 13.7. The summed E-state index contributed by atoms with van der Waals surface area (Å²) in [5.41, 5.74) is 1.16. The second-order valence-electron chi connectivity index (χ2n) is 6.56. The van der Waals surface area contributed by atoms with Crippen molar-refractivity contribution in [3.63, 3.8) is 0 Å². The number of hydrogen-bond donors (Lipinski definition) is 0. The molecule has 2 aliphatic heterocycles. The van der Waals surface area contributed by atoms with Crippen molar-refractivity contribution in [2.24, 2.45) is 0 Å². The predicted molar refractivity (Wildman–Crippen MR) is 89.2 cm³/mol. The van der Waals surface area contributed by atoms with E-state index >= 15 is 0 Å². The zero-order chi connectivity index (χ0) is 16.2. The van der Waals surface area contributed by atoms with Gasteiger partial charge in [0.25, 0.3) is 5.91 Å². The third-order valence-corrected chi connectivity index (χ3v) is 5.04. The van der Waals surface area contributed by atoms with Crippen LogP contribution in [0.1, 0.15) is 28.8 Å². The van der Waals surface area contributed by atoms with Crippen LogP contribution in [0, 0.1) is 11.3 Å². The number of amides is 1. The average molecular weight is 312 g/mol. The first kappa shape index (κ1) is 16.0. The standard InChI is InChI=1S/C18H24N4O/c1-20-7-5-17(6-8-20)21-9-11-22(12-10-21)18(23)16-4-2-3-15(13-16)14-19/h2-4,13,17H,5-12H2,1H3. The molecule has 0 unspecified atom stereocenters. The third-order valence-electron chi connectivity index (χ3n) is 5.04. The predicted octanol–water partition coefficient (Wildman–Crippen LogP) is 1.41. The van der Waals surface area contributed by atoms with Gasteiger partial charge in [-0.1, -0.05) is 6.07 Å². The summed E-state index contributed by atoms with van der Waals surface area (Å²) in [6.07, 6.45) is 2.46. The molecule has 0 spiro atoms. The molecular weight excluding hydrogens is 288 g/mol. The molecule has 5 heteroatoms. The normalized spacial score (nSPS) is 21.1. The quantitative estimate of drug-likeness (QED) is 0.828. The second kappa shape index (κ2) is 7.12. The van der Waals surface area contributed by atoms with E-state index in [1.807, 2.05) is 4.90 Å². The molecule has 2 aliphatic rings. The van der Waals surface area contributed by atoms with E-state index in [1.54, 1.807) is 24.3 Å². The number of hydrogen-bond acceptors (Lipinski definition) is 4. The molecule has 1 aromatic carbocycles. The number of benzene rings is 1. The summed E-state index contributed by atoms with van der Waals surface area (Å²) >= 11 is 0. The molecule has 122 valence electrons. The lowest BCUT2D eigenvalue weighted by Gasteiger charge is -2.42. The Kier molecular flexibility index (Phi) is 4.94. The van der Waals surface area contributed by atoms with Crippen LogP contribution in [-0.4, -0.2) is 73.0 Å². The lowest BCUT2D eigenvalue weighted by atomic mass is 10.0. The van der Waals surface area contributed by atoms with E-state index in [0.29, 0.717) is 17.2 Å². The molecule has 1 amide bonds. The second-order valence-corrected chi connectivity index (χ2v) is 6.56. The fraction of sp³-hybridized carbons (Fsp3) is 0.556. The van der Waals surface area contributed by atoms with E-state index in [2.05, 4.69) is 22.9 Å². The monoisotopic (exact) mass is 312 g/mol. The summed E-state index contributed by atoms with van der Waals surface area (Å²) in [5, 5.41) is 8.97. The summed E-state index contributed by atoms with van der Waals surface area (Å²) in [4.78, 5) is 19.4. The summed E-state index contributed by atoms with van der Waals surface area (Å²) in [6, 6.07) is 9.76. The molecule has 0 saturated carbocycles. The molecule has 3 rings (SSSR count). The Hall–Kier alpha value is -1.90. The Morgan fingerprint density at radius 1 is 1.13 bits per heavy atom. The summed E-state index contributed by atoms with van der Waals surface area (Å²) in [5.74, 6) is 0.0464. The Morgan fingerprint density at radius 3 is 2.48 bits per heavy atom. The number of likely N-dealkylation sites (tertiary alicyclic amines) is 1. The highest BCUT2D eigenvalue weighted by molar-refractivity contribution is 5.94. The van der Waals surface area contributed by atoms with Crippen LogP contribution < -0.4 is 0 Å². The molecule has 0 aliphatic carbocycles. The molecule has 0 bridgehead atoms. The van der Waals surface area contributed by atoms with Gasteiger partial charge in [0.05, 0.1) is 11.6 Å². The van der Waals surface area contributed by atoms with E-state index < -0.39 is 0 Å². The molecular formula is C18H24N4O. The molecule has 0 atom stereocenters. The highest BCUT2D eigenvalue weighted by Gasteiger charge is 2.28. The minimum atomic E-state index is 0.0464. The van der Waals surface area contributed by atoms with Crippen molar-refractivity contribution in [3.8, 4) is 6.07 Å². The average Bonchev–Trinajstić information content (AvgIpc) is 2.62. The molecule has 2 heterocycles. The first-order valence-electron chi connectivity index (χ1n) is 8.39. The van der Waals surface area contributed by atoms with Gasteiger partial charge in [-0.05, 0) is 51.2 Å². The van der Waals surface area contributed by atoms with E-state index in [-0.39, 0.29) is 5.91 Å². The maximum absolute atomic E-state index is 12.6. The van der Waals surface area contributed by atoms with Crippen LogP contribution in [0.25, 0.3) is 0 Å². The number of carbonyl (C=O) groups excluding carboxylic acids is 1. The van der Waals surface area contributed by atoms with Crippen molar-refractivity contribution < 1.29 is 4.79 Å². The van der Waals surface area contributed by atoms with Crippen LogP contribution in [-0.2, 0) is 0 Å². The van der Waals surface area contributed by atoms with Gasteiger partial charge in [0, 0.05) is 37.8 Å².